The highest BCUT2D eigenvalue weighted by Gasteiger charge is 2.28. The normalized spacial score (nSPS) is 13.3. The van der Waals surface area contributed by atoms with E-state index in [1.807, 2.05) is 0 Å². The minimum atomic E-state index is -1.24. The second kappa shape index (κ2) is 6.84. The SMILES string of the molecule is Cc1cc([C@@](C)(O)CNC(=O)Cc2ccc([N+](=O)[O-])cc2)c(C)o1. The minimum absolute atomic E-state index is 0.0205. The molecule has 2 aromatic rings. The number of amides is 1. The van der Waals surface area contributed by atoms with E-state index in [9.17, 15) is 20.0 Å². The lowest BCUT2D eigenvalue weighted by molar-refractivity contribution is -0.384. The van der Waals surface area contributed by atoms with Crippen LogP contribution < -0.4 is 5.32 Å². The van der Waals surface area contributed by atoms with E-state index in [0.29, 0.717) is 22.6 Å². The number of benzene rings is 1. The summed E-state index contributed by atoms with van der Waals surface area (Å²) in [7, 11) is 0. The van der Waals surface area contributed by atoms with Gasteiger partial charge in [-0.3, -0.25) is 14.9 Å². The molecule has 0 radical (unpaired) electrons. The van der Waals surface area contributed by atoms with Crippen LogP contribution in [0.3, 0.4) is 0 Å². The first-order valence-electron chi connectivity index (χ1n) is 7.49. The fourth-order valence-electron chi connectivity index (χ4n) is 2.51. The second-order valence-corrected chi connectivity index (χ2v) is 5.98. The van der Waals surface area contributed by atoms with E-state index in [1.165, 1.54) is 12.1 Å². The van der Waals surface area contributed by atoms with E-state index in [1.54, 1.807) is 39.0 Å². The van der Waals surface area contributed by atoms with Gasteiger partial charge in [-0.2, -0.15) is 0 Å². The molecule has 0 saturated heterocycles. The average Bonchev–Trinajstić information content (AvgIpc) is 2.85. The summed E-state index contributed by atoms with van der Waals surface area (Å²) in [6, 6.07) is 7.55. The summed E-state index contributed by atoms with van der Waals surface area (Å²) in [5, 5.41) is 23.8. The maximum absolute atomic E-state index is 12.0. The first kappa shape index (κ1) is 17.7. The standard InChI is InChI=1S/C17H20N2O5/c1-11-8-15(12(2)24-11)17(3,21)10-18-16(20)9-13-4-6-14(7-5-13)19(22)23/h4-8,21H,9-10H2,1-3H3,(H,18,20)/t17-/m0/s1. The van der Waals surface area contributed by atoms with Crippen LogP contribution in [0.1, 0.15) is 29.6 Å². The van der Waals surface area contributed by atoms with E-state index in [4.69, 9.17) is 4.42 Å². The van der Waals surface area contributed by atoms with Crippen molar-refractivity contribution in [1.82, 2.24) is 5.32 Å². The fraction of sp³-hybridized carbons (Fsp3) is 0.353. The summed E-state index contributed by atoms with van der Waals surface area (Å²) in [6.07, 6.45) is 0.0808. The lowest BCUT2D eigenvalue weighted by atomic mass is 9.96. The van der Waals surface area contributed by atoms with Gasteiger partial charge < -0.3 is 14.8 Å². The van der Waals surface area contributed by atoms with Crippen molar-refractivity contribution in [2.45, 2.75) is 32.8 Å². The van der Waals surface area contributed by atoms with E-state index in [2.05, 4.69) is 5.32 Å². The molecule has 0 bridgehead atoms. The van der Waals surface area contributed by atoms with Gasteiger partial charge in [0, 0.05) is 17.7 Å². The van der Waals surface area contributed by atoms with Gasteiger partial charge in [-0.1, -0.05) is 12.1 Å². The number of aliphatic hydroxyl groups is 1. The molecule has 1 atom stereocenters. The zero-order chi connectivity index (χ0) is 17.9. The molecule has 128 valence electrons. The molecule has 0 aliphatic heterocycles. The van der Waals surface area contributed by atoms with Gasteiger partial charge in [-0.25, -0.2) is 0 Å². The Balaban J connectivity index is 1.95. The number of nitrogens with one attached hydrogen (secondary N) is 1. The van der Waals surface area contributed by atoms with Gasteiger partial charge in [0.15, 0.2) is 0 Å². The molecule has 2 N–H and O–H groups in total. The number of carbonyl (C=O) groups is 1. The van der Waals surface area contributed by atoms with Crippen LogP contribution in [0.4, 0.5) is 5.69 Å². The second-order valence-electron chi connectivity index (χ2n) is 5.98. The van der Waals surface area contributed by atoms with E-state index < -0.39 is 10.5 Å². The minimum Gasteiger partial charge on any atom is -0.466 e. The third-order valence-corrected chi connectivity index (χ3v) is 3.76. The molecular weight excluding hydrogens is 312 g/mol. The van der Waals surface area contributed by atoms with Crippen LogP contribution in [0.15, 0.2) is 34.7 Å². The first-order chi connectivity index (χ1) is 11.2. The monoisotopic (exact) mass is 332 g/mol. The highest BCUT2D eigenvalue weighted by Crippen LogP contribution is 2.26. The molecule has 1 aromatic heterocycles. The van der Waals surface area contributed by atoms with Gasteiger partial charge in [0.25, 0.3) is 5.69 Å². The molecule has 0 aliphatic rings. The van der Waals surface area contributed by atoms with Crippen LogP contribution in [-0.2, 0) is 16.8 Å². The van der Waals surface area contributed by atoms with Crippen molar-refractivity contribution in [3.63, 3.8) is 0 Å². The number of hydrogen-bond acceptors (Lipinski definition) is 5. The maximum atomic E-state index is 12.0. The summed E-state index contributed by atoms with van der Waals surface area (Å²) in [6.45, 7) is 5.20. The number of furan rings is 1. The summed E-state index contributed by atoms with van der Waals surface area (Å²) in [5.74, 6) is 1.03. The van der Waals surface area contributed by atoms with Gasteiger partial charge in [0.2, 0.25) is 5.91 Å². The third kappa shape index (κ3) is 4.20. The Morgan fingerprint density at radius 3 is 2.46 bits per heavy atom. The molecule has 1 amide bonds. The van der Waals surface area contributed by atoms with Crippen LogP contribution in [-0.4, -0.2) is 22.5 Å². The van der Waals surface area contributed by atoms with Gasteiger partial charge in [0.05, 0.1) is 17.9 Å². The zero-order valence-electron chi connectivity index (χ0n) is 13.8. The number of nitrogens with zero attached hydrogens (tertiary/aromatic N) is 1. The van der Waals surface area contributed by atoms with E-state index in [-0.39, 0.29) is 24.6 Å². The van der Waals surface area contributed by atoms with E-state index >= 15 is 0 Å². The number of aryl methyl sites for hydroxylation is 2. The van der Waals surface area contributed by atoms with Crippen molar-refractivity contribution in [3.8, 4) is 0 Å². The molecule has 1 heterocycles. The van der Waals surface area contributed by atoms with Gasteiger partial charge in [-0.05, 0) is 32.4 Å². The number of hydrogen-bond donors (Lipinski definition) is 2. The molecule has 24 heavy (non-hydrogen) atoms. The Hall–Kier alpha value is -2.67. The predicted molar refractivity (Wildman–Crippen MR) is 87.6 cm³/mol. The third-order valence-electron chi connectivity index (χ3n) is 3.76. The number of rotatable bonds is 6. The summed E-state index contributed by atoms with van der Waals surface area (Å²) in [5.41, 5.74) is 0.0316. The Morgan fingerprint density at radius 2 is 1.96 bits per heavy atom. The van der Waals surface area contributed by atoms with E-state index in [0.717, 1.165) is 0 Å². The average molecular weight is 332 g/mol. The largest absolute Gasteiger partial charge is 0.466 e. The van der Waals surface area contributed by atoms with Gasteiger partial charge in [-0.15, -0.1) is 0 Å². The molecule has 1 aromatic carbocycles. The molecule has 0 saturated carbocycles. The number of nitro benzene ring substituents is 1. The number of non-ortho nitro benzene ring substituents is 1. The Kier molecular flexibility index (Phi) is 5.04. The maximum Gasteiger partial charge on any atom is 0.269 e. The fourth-order valence-corrected chi connectivity index (χ4v) is 2.51. The van der Waals surface area contributed by atoms with Crippen molar-refractivity contribution >= 4 is 11.6 Å². The van der Waals surface area contributed by atoms with Crippen LogP contribution in [0.25, 0.3) is 0 Å². The zero-order valence-corrected chi connectivity index (χ0v) is 13.8. The highest BCUT2D eigenvalue weighted by atomic mass is 16.6. The Labute approximate surface area is 139 Å². The van der Waals surface area contributed by atoms with Crippen LogP contribution in [0, 0.1) is 24.0 Å². The van der Waals surface area contributed by atoms with Gasteiger partial charge >= 0.3 is 0 Å². The number of carbonyl (C=O) groups excluding carboxylic acids is 1. The quantitative estimate of drug-likeness (QED) is 0.624. The predicted octanol–water partition coefficient (Wildman–Crippen LogP) is 2.37. The summed E-state index contributed by atoms with van der Waals surface area (Å²) >= 11 is 0. The van der Waals surface area contributed by atoms with Crippen LogP contribution in [0.5, 0.6) is 0 Å². The molecular formula is C17H20N2O5. The van der Waals surface area contributed by atoms with Crippen LogP contribution in [0.2, 0.25) is 0 Å². The van der Waals surface area contributed by atoms with Crippen molar-refractivity contribution in [1.29, 1.82) is 0 Å². The molecule has 2 rings (SSSR count). The van der Waals surface area contributed by atoms with Crippen molar-refractivity contribution in [3.05, 3.63) is 63.1 Å². The topological polar surface area (TPSA) is 106 Å². The van der Waals surface area contributed by atoms with Crippen molar-refractivity contribution in [2.24, 2.45) is 0 Å². The molecule has 0 spiro atoms. The lowest BCUT2D eigenvalue weighted by Gasteiger charge is -2.23. The van der Waals surface area contributed by atoms with Crippen molar-refractivity contribution < 1.29 is 19.2 Å². The lowest BCUT2D eigenvalue weighted by Crippen LogP contribution is -2.39. The summed E-state index contributed by atoms with van der Waals surface area (Å²) < 4.78 is 5.41. The first-order valence-corrected chi connectivity index (χ1v) is 7.49. The Bertz CT molecular complexity index is 747. The Morgan fingerprint density at radius 1 is 1.33 bits per heavy atom. The molecule has 0 unspecified atom stereocenters. The molecule has 0 fully saturated rings. The van der Waals surface area contributed by atoms with Crippen molar-refractivity contribution in [2.75, 3.05) is 6.54 Å². The molecule has 7 heteroatoms. The highest BCUT2D eigenvalue weighted by molar-refractivity contribution is 5.78. The molecule has 0 aliphatic carbocycles. The summed E-state index contributed by atoms with van der Waals surface area (Å²) in [4.78, 5) is 22.1. The number of nitro groups is 1. The molecule has 7 nitrogen and oxygen atoms in total. The van der Waals surface area contributed by atoms with Crippen LogP contribution >= 0.6 is 0 Å². The smallest absolute Gasteiger partial charge is 0.269 e. The van der Waals surface area contributed by atoms with Gasteiger partial charge in [0.1, 0.15) is 17.1 Å².